The summed E-state index contributed by atoms with van der Waals surface area (Å²) in [7, 11) is 0. The molecule has 1 aliphatic heterocycles. The molecule has 0 aliphatic carbocycles. The smallest absolute Gasteiger partial charge is 0.0617 e. The van der Waals surface area contributed by atoms with E-state index in [1.165, 1.54) is 5.52 Å². The lowest BCUT2D eigenvalue weighted by Gasteiger charge is -1.98. The van der Waals surface area contributed by atoms with Gasteiger partial charge in [0.2, 0.25) is 0 Å². The van der Waals surface area contributed by atoms with Crippen LogP contribution < -0.4 is 0 Å². The van der Waals surface area contributed by atoms with Crippen molar-refractivity contribution in [3.05, 3.63) is 42.2 Å². The highest BCUT2D eigenvalue weighted by Crippen LogP contribution is 2.20. The van der Waals surface area contributed by atoms with Gasteiger partial charge in [0.25, 0.3) is 0 Å². The van der Waals surface area contributed by atoms with Crippen LogP contribution in [0.3, 0.4) is 0 Å². The molecule has 1 radical (unpaired) electrons. The van der Waals surface area contributed by atoms with Crippen molar-refractivity contribution in [2.75, 3.05) is 0 Å². The highest BCUT2D eigenvalue weighted by Gasteiger charge is 2.04. The Bertz CT molecular complexity index is 518. The number of aromatic nitrogens is 1. The van der Waals surface area contributed by atoms with Crippen molar-refractivity contribution in [1.29, 1.82) is 0 Å². The second-order valence-electron chi connectivity index (χ2n) is 3.00. The Morgan fingerprint density at radius 3 is 3.31 bits per heavy atom. The van der Waals surface area contributed by atoms with Gasteiger partial charge in [0, 0.05) is 41.8 Å². The molecule has 2 nitrogen and oxygen atoms in total. The van der Waals surface area contributed by atoms with E-state index in [2.05, 4.69) is 23.2 Å². The van der Waals surface area contributed by atoms with E-state index in [-0.39, 0.29) is 0 Å². The van der Waals surface area contributed by atoms with Crippen LogP contribution in [-0.4, -0.2) is 10.8 Å². The number of rotatable bonds is 0. The molecule has 0 saturated heterocycles. The Morgan fingerprint density at radius 1 is 1.31 bits per heavy atom. The van der Waals surface area contributed by atoms with E-state index in [1.807, 2.05) is 29.2 Å². The number of benzene rings is 1. The maximum atomic E-state index is 4.14. The second kappa shape index (κ2) is 2.33. The van der Waals surface area contributed by atoms with Crippen LogP contribution in [0.25, 0.3) is 17.1 Å². The quantitative estimate of drug-likeness (QED) is 0.573. The lowest BCUT2D eigenvalue weighted by Crippen LogP contribution is -1.86. The molecule has 0 N–H and O–H groups in total. The first-order valence-electron chi connectivity index (χ1n) is 4.16. The molecule has 0 spiro atoms. The van der Waals surface area contributed by atoms with E-state index in [9.17, 15) is 0 Å². The highest BCUT2D eigenvalue weighted by atomic mass is 15.0. The van der Waals surface area contributed by atoms with Crippen molar-refractivity contribution in [3.8, 4) is 0 Å². The van der Waals surface area contributed by atoms with Gasteiger partial charge in [-0.05, 0) is 0 Å². The molecular weight excluding hydrogens is 160 g/mol. The van der Waals surface area contributed by atoms with Crippen LogP contribution in [0.1, 0.15) is 5.56 Å². The number of para-hydroxylation sites is 1. The molecule has 61 valence electrons. The Kier molecular flexibility index (Phi) is 1.19. The van der Waals surface area contributed by atoms with Crippen molar-refractivity contribution in [1.82, 2.24) is 4.57 Å². The van der Waals surface area contributed by atoms with E-state index < -0.39 is 0 Å². The molecule has 1 aromatic carbocycles. The molecule has 13 heavy (non-hydrogen) atoms. The summed E-state index contributed by atoms with van der Waals surface area (Å²) in [5, 5.41) is 1.13. The van der Waals surface area contributed by atoms with E-state index in [0.29, 0.717) is 0 Å². The molecule has 0 fully saturated rings. The number of nitrogens with zero attached hydrogens (tertiary/aromatic N) is 2. The fourth-order valence-electron chi connectivity index (χ4n) is 1.63. The number of hydrogen-bond acceptors (Lipinski definition) is 1. The Labute approximate surface area is 75.8 Å². The normalized spacial score (nSPS) is 13.5. The van der Waals surface area contributed by atoms with Crippen LogP contribution in [0.4, 0.5) is 0 Å². The number of hydrogen-bond donors (Lipinski definition) is 0. The third kappa shape index (κ3) is 0.855. The van der Waals surface area contributed by atoms with Gasteiger partial charge in [0.05, 0.1) is 5.52 Å². The van der Waals surface area contributed by atoms with Crippen molar-refractivity contribution < 1.29 is 0 Å². The summed E-state index contributed by atoms with van der Waals surface area (Å²) in [6.45, 7) is 0. The van der Waals surface area contributed by atoms with Gasteiger partial charge in [0.15, 0.2) is 0 Å². The topological polar surface area (TPSA) is 17.3 Å². The van der Waals surface area contributed by atoms with E-state index in [1.54, 1.807) is 6.20 Å². The van der Waals surface area contributed by atoms with Crippen LogP contribution in [0.2, 0.25) is 0 Å². The summed E-state index contributed by atoms with van der Waals surface area (Å²) in [6, 6.07) is 9.34. The van der Waals surface area contributed by atoms with Gasteiger partial charge in [-0.2, -0.15) is 0 Å². The maximum absolute atomic E-state index is 4.14. The summed E-state index contributed by atoms with van der Waals surface area (Å²) in [4.78, 5) is 4.14. The maximum Gasteiger partial charge on any atom is 0.0617 e. The average molecular weight is 167 g/mol. The highest BCUT2D eigenvalue weighted by molar-refractivity contribution is 5.99. The monoisotopic (exact) mass is 167 g/mol. The molecule has 0 saturated carbocycles. The zero-order valence-electron chi connectivity index (χ0n) is 6.94. The van der Waals surface area contributed by atoms with Crippen molar-refractivity contribution in [3.63, 3.8) is 0 Å². The van der Waals surface area contributed by atoms with Crippen molar-refractivity contribution >= 4 is 23.3 Å². The largest absolute Gasteiger partial charge is 0.320 e. The number of aliphatic imine (C=N–C) groups is 1. The summed E-state index contributed by atoms with van der Waals surface area (Å²) in [5.41, 5.74) is 2.32. The lowest BCUT2D eigenvalue weighted by molar-refractivity contribution is 1.22. The second-order valence-corrected chi connectivity index (χ2v) is 3.00. The van der Waals surface area contributed by atoms with Gasteiger partial charge in [0.1, 0.15) is 0 Å². The molecule has 0 unspecified atom stereocenters. The van der Waals surface area contributed by atoms with E-state index in [0.717, 1.165) is 10.9 Å². The molecule has 1 aromatic heterocycles. The molecule has 2 heteroatoms. The molecule has 3 rings (SSSR count). The van der Waals surface area contributed by atoms with E-state index in [4.69, 9.17) is 0 Å². The zero-order valence-corrected chi connectivity index (χ0v) is 6.94. The average Bonchev–Trinajstić information content (AvgIpc) is 2.44. The summed E-state index contributed by atoms with van der Waals surface area (Å²) >= 11 is 0. The molecule has 0 atom stereocenters. The summed E-state index contributed by atoms with van der Waals surface area (Å²) in [5.74, 6) is 0. The lowest BCUT2D eigenvalue weighted by atomic mass is 10.1. The third-order valence-corrected chi connectivity index (χ3v) is 2.21. The molecule has 1 aliphatic rings. The molecule has 0 amide bonds. The minimum atomic E-state index is 1.13. The van der Waals surface area contributed by atoms with Gasteiger partial charge in [-0.3, -0.25) is 4.99 Å². The first-order valence-corrected chi connectivity index (χ1v) is 4.16. The van der Waals surface area contributed by atoms with Crippen LogP contribution in [-0.2, 0) is 0 Å². The summed E-state index contributed by atoms with van der Waals surface area (Å²) in [6.07, 6.45) is 7.52. The predicted molar refractivity (Wildman–Crippen MR) is 53.7 cm³/mol. The Hall–Kier alpha value is -1.83. The van der Waals surface area contributed by atoms with Gasteiger partial charge < -0.3 is 4.57 Å². The van der Waals surface area contributed by atoms with Gasteiger partial charge in [-0.1, -0.05) is 18.2 Å². The Balaban J connectivity index is 2.56. The van der Waals surface area contributed by atoms with Crippen LogP contribution in [0.15, 0.2) is 35.6 Å². The molecule has 2 heterocycles. The van der Waals surface area contributed by atoms with Gasteiger partial charge in [-0.25, -0.2) is 0 Å². The fourth-order valence-corrected chi connectivity index (χ4v) is 1.63. The molecule has 0 bridgehead atoms. The van der Waals surface area contributed by atoms with E-state index >= 15 is 0 Å². The third-order valence-electron chi connectivity index (χ3n) is 2.21. The first-order chi connectivity index (χ1) is 6.45. The zero-order chi connectivity index (χ0) is 8.67. The standard InChI is InChI=1S/C11H7N2/c1-2-9-4-6-13-7-5-12-8-10(3-1)11(9)13/h1-3,5-8H. The van der Waals surface area contributed by atoms with Crippen LogP contribution in [0.5, 0.6) is 0 Å². The van der Waals surface area contributed by atoms with Crippen molar-refractivity contribution in [2.24, 2.45) is 4.99 Å². The first kappa shape index (κ1) is 6.66. The minimum absolute atomic E-state index is 1.13. The van der Waals surface area contributed by atoms with Crippen molar-refractivity contribution in [2.45, 2.75) is 0 Å². The van der Waals surface area contributed by atoms with Crippen LogP contribution in [0, 0.1) is 6.07 Å². The summed E-state index contributed by atoms with van der Waals surface area (Å²) < 4.78 is 2.04. The fraction of sp³-hybridized carbons (Fsp3) is 0. The van der Waals surface area contributed by atoms with Gasteiger partial charge >= 0.3 is 0 Å². The molecular formula is C11H7N2. The van der Waals surface area contributed by atoms with Crippen LogP contribution >= 0.6 is 0 Å². The Morgan fingerprint density at radius 2 is 2.31 bits per heavy atom. The SMILES string of the molecule is [c]1cn2c3c(cccc13)C=NC=C2. The predicted octanol–water partition coefficient (Wildman–Crippen LogP) is 2.30. The minimum Gasteiger partial charge on any atom is -0.320 e. The van der Waals surface area contributed by atoms with Gasteiger partial charge in [-0.15, -0.1) is 0 Å². The molecule has 2 aromatic rings.